The molecule has 1 aliphatic carbocycles. The average Bonchev–Trinajstić information content (AvgIpc) is 2.82. The minimum absolute atomic E-state index is 0.166. The monoisotopic (exact) mass is 278 g/mol. The number of rotatable bonds is 6. The summed E-state index contributed by atoms with van der Waals surface area (Å²) in [5.74, 6) is 0.0286. The number of carbonyl (C=O) groups is 1. The van der Waals surface area contributed by atoms with Gasteiger partial charge in [-0.2, -0.15) is 0 Å². The van der Waals surface area contributed by atoms with E-state index in [1.165, 1.54) is 11.6 Å². The van der Waals surface area contributed by atoms with Gasteiger partial charge in [-0.15, -0.1) is 0 Å². The third-order valence-electron chi connectivity index (χ3n) is 4.03. The molecule has 1 aromatic carbocycles. The second-order valence-electron chi connectivity index (χ2n) is 5.20. The van der Waals surface area contributed by atoms with Crippen molar-refractivity contribution in [3.05, 3.63) is 35.1 Å². The summed E-state index contributed by atoms with van der Waals surface area (Å²) in [7, 11) is 0. The van der Waals surface area contributed by atoms with E-state index in [1.807, 2.05) is 24.8 Å². The minimum atomic E-state index is -0.166. The summed E-state index contributed by atoms with van der Waals surface area (Å²) in [6, 6.07) is 5.26. The first kappa shape index (κ1) is 15.0. The lowest BCUT2D eigenvalue weighted by Crippen LogP contribution is -2.33. The van der Waals surface area contributed by atoms with E-state index in [0.717, 1.165) is 31.5 Å². The molecule has 1 aromatic rings. The first-order chi connectivity index (χ1) is 9.65. The number of nitrogens with one attached hydrogen (secondary N) is 1. The van der Waals surface area contributed by atoms with Crippen molar-refractivity contribution in [1.82, 2.24) is 10.2 Å². The Morgan fingerprint density at radius 3 is 2.85 bits per heavy atom. The number of hydrogen-bond donors (Lipinski definition) is 1. The molecule has 2 rings (SSSR count). The zero-order valence-corrected chi connectivity index (χ0v) is 12.3. The highest BCUT2D eigenvalue weighted by Gasteiger charge is 2.22. The largest absolute Gasteiger partial charge is 0.343 e. The highest BCUT2D eigenvalue weighted by atomic mass is 19.1. The van der Waals surface area contributed by atoms with E-state index in [0.29, 0.717) is 13.0 Å². The molecule has 0 aliphatic heterocycles. The lowest BCUT2D eigenvalue weighted by Gasteiger charge is -2.20. The first-order valence-corrected chi connectivity index (χ1v) is 7.45. The normalized spacial score (nSPS) is 17.1. The van der Waals surface area contributed by atoms with Crippen LogP contribution < -0.4 is 5.32 Å². The van der Waals surface area contributed by atoms with Gasteiger partial charge in [0, 0.05) is 32.1 Å². The summed E-state index contributed by atoms with van der Waals surface area (Å²) in [5.41, 5.74) is 2.28. The number of carbonyl (C=O) groups excluding carboxylic acids is 1. The van der Waals surface area contributed by atoms with Crippen LogP contribution >= 0.6 is 0 Å². The van der Waals surface area contributed by atoms with Crippen LogP contribution in [0.4, 0.5) is 4.39 Å². The molecule has 0 saturated carbocycles. The topological polar surface area (TPSA) is 32.3 Å². The summed E-state index contributed by atoms with van der Waals surface area (Å²) in [4.78, 5) is 13.8. The van der Waals surface area contributed by atoms with E-state index in [2.05, 4.69) is 5.32 Å². The molecule has 1 N–H and O–H groups in total. The van der Waals surface area contributed by atoms with Gasteiger partial charge in [0.25, 0.3) is 0 Å². The fraction of sp³-hybridized carbons (Fsp3) is 0.562. The van der Waals surface area contributed by atoms with Crippen molar-refractivity contribution >= 4 is 5.91 Å². The van der Waals surface area contributed by atoms with Gasteiger partial charge in [-0.1, -0.05) is 6.07 Å². The van der Waals surface area contributed by atoms with E-state index in [-0.39, 0.29) is 17.8 Å². The summed E-state index contributed by atoms with van der Waals surface area (Å²) >= 11 is 0. The second kappa shape index (κ2) is 6.84. The van der Waals surface area contributed by atoms with Gasteiger partial charge in [0.05, 0.1) is 0 Å². The number of benzene rings is 1. The highest BCUT2D eigenvalue weighted by Crippen LogP contribution is 2.31. The number of hydrogen-bond acceptors (Lipinski definition) is 2. The zero-order chi connectivity index (χ0) is 14.5. The van der Waals surface area contributed by atoms with E-state index in [9.17, 15) is 9.18 Å². The Balaban J connectivity index is 1.84. The molecule has 110 valence electrons. The van der Waals surface area contributed by atoms with Gasteiger partial charge in [0.2, 0.25) is 5.91 Å². The lowest BCUT2D eigenvalue weighted by atomic mass is 10.1. The van der Waals surface area contributed by atoms with Crippen LogP contribution in [0.15, 0.2) is 18.2 Å². The predicted octanol–water partition coefficient (Wildman–Crippen LogP) is 2.66. The van der Waals surface area contributed by atoms with Crippen molar-refractivity contribution in [2.45, 2.75) is 39.2 Å². The van der Waals surface area contributed by atoms with Crippen molar-refractivity contribution < 1.29 is 9.18 Å². The first-order valence-electron chi connectivity index (χ1n) is 7.45. The molecule has 0 spiro atoms. The molecule has 0 heterocycles. The van der Waals surface area contributed by atoms with Crippen LogP contribution in [0.25, 0.3) is 0 Å². The van der Waals surface area contributed by atoms with Gasteiger partial charge in [-0.25, -0.2) is 4.39 Å². The summed E-state index contributed by atoms with van der Waals surface area (Å²) in [5, 5.41) is 3.42. The van der Waals surface area contributed by atoms with E-state index >= 15 is 0 Å². The van der Waals surface area contributed by atoms with Crippen molar-refractivity contribution in [3.63, 3.8) is 0 Å². The molecule has 20 heavy (non-hydrogen) atoms. The fourth-order valence-corrected chi connectivity index (χ4v) is 2.89. The Bertz CT molecular complexity index is 472. The third-order valence-corrected chi connectivity index (χ3v) is 4.03. The Labute approximate surface area is 120 Å². The molecule has 1 amide bonds. The van der Waals surface area contributed by atoms with Gasteiger partial charge in [-0.05, 0) is 49.9 Å². The predicted molar refractivity (Wildman–Crippen MR) is 78.0 cm³/mol. The van der Waals surface area contributed by atoms with Crippen molar-refractivity contribution in [2.24, 2.45) is 0 Å². The molecule has 0 radical (unpaired) electrons. The molecular weight excluding hydrogens is 255 g/mol. The van der Waals surface area contributed by atoms with Crippen molar-refractivity contribution in [2.75, 3.05) is 19.6 Å². The van der Waals surface area contributed by atoms with Crippen molar-refractivity contribution in [1.29, 1.82) is 0 Å². The van der Waals surface area contributed by atoms with Crippen LogP contribution in [-0.4, -0.2) is 30.4 Å². The maximum absolute atomic E-state index is 13.1. The Morgan fingerprint density at radius 1 is 1.40 bits per heavy atom. The Hall–Kier alpha value is -1.42. The van der Waals surface area contributed by atoms with Gasteiger partial charge in [0.1, 0.15) is 5.82 Å². The third kappa shape index (κ3) is 3.37. The van der Waals surface area contributed by atoms with E-state index in [4.69, 9.17) is 0 Å². The molecule has 3 nitrogen and oxygen atoms in total. The molecule has 4 heteroatoms. The van der Waals surface area contributed by atoms with Crippen LogP contribution in [0.2, 0.25) is 0 Å². The number of nitrogens with zero attached hydrogens (tertiary/aromatic N) is 1. The quantitative estimate of drug-likeness (QED) is 0.867. The average molecular weight is 278 g/mol. The lowest BCUT2D eigenvalue weighted by molar-refractivity contribution is -0.130. The van der Waals surface area contributed by atoms with Crippen LogP contribution in [0.1, 0.15) is 43.9 Å². The van der Waals surface area contributed by atoms with Gasteiger partial charge in [0.15, 0.2) is 0 Å². The molecule has 0 saturated heterocycles. The van der Waals surface area contributed by atoms with Crippen LogP contribution in [0.5, 0.6) is 0 Å². The van der Waals surface area contributed by atoms with E-state index in [1.54, 1.807) is 6.07 Å². The Kier molecular flexibility index (Phi) is 5.12. The summed E-state index contributed by atoms with van der Waals surface area (Å²) in [6.07, 6.45) is 2.42. The van der Waals surface area contributed by atoms with Crippen LogP contribution in [-0.2, 0) is 11.2 Å². The Morgan fingerprint density at radius 2 is 2.15 bits per heavy atom. The number of aryl methyl sites for hydroxylation is 1. The number of fused-ring (bicyclic) bond motifs is 1. The van der Waals surface area contributed by atoms with E-state index < -0.39 is 0 Å². The standard InChI is InChI=1S/C16H23FN2O/c1-3-19(4-2)16(20)9-10-18-15-8-5-12-11-13(17)6-7-14(12)15/h6-7,11,15,18H,3-5,8-10H2,1-2H3. The number of amides is 1. The van der Waals surface area contributed by atoms with Gasteiger partial charge in [-0.3, -0.25) is 4.79 Å². The smallest absolute Gasteiger partial charge is 0.223 e. The highest BCUT2D eigenvalue weighted by molar-refractivity contribution is 5.76. The van der Waals surface area contributed by atoms with Crippen LogP contribution in [0.3, 0.4) is 0 Å². The van der Waals surface area contributed by atoms with Crippen molar-refractivity contribution in [3.8, 4) is 0 Å². The molecular formula is C16H23FN2O. The fourth-order valence-electron chi connectivity index (χ4n) is 2.89. The second-order valence-corrected chi connectivity index (χ2v) is 5.20. The van der Waals surface area contributed by atoms with Gasteiger partial charge < -0.3 is 10.2 Å². The maximum atomic E-state index is 13.1. The zero-order valence-electron chi connectivity index (χ0n) is 12.3. The van der Waals surface area contributed by atoms with Crippen LogP contribution in [0, 0.1) is 5.82 Å². The molecule has 1 atom stereocenters. The van der Waals surface area contributed by atoms with Gasteiger partial charge >= 0.3 is 0 Å². The molecule has 1 aliphatic rings. The molecule has 0 fully saturated rings. The SMILES string of the molecule is CCN(CC)C(=O)CCNC1CCc2cc(F)ccc21. The molecule has 1 unspecified atom stereocenters. The summed E-state index contributed by atoms with van der Waals surface area (Å²) in [6.45, 7) is 6.20. The summed E-state index contributed by atoms with van der Waals surface area (Å²) < 4.78 is 13.1. The molecule has 0 aromatic heterocycles. The number of halogens is 1. The molecule has 0 bridgehead atoms. The minimum Gasteiger partial charge on any atom is -0.343 e. The maximum Gasteiger partial charge on any atom is 0.223 e.